The van der Waals surface area contributed by atoms with Crippen molar-refractivity contribution in [3.05, 3.63) is 231 Å². The molecular weight excluding hydrogens is 757 g/mol. The zero-order valence-electron chi connectivity index (χ0n) is 33.2. The Bertz CT molecular complexity index is 3540. The van der Waals surface area contributed by atoms with Gasteiger partial charge in [0.2, 0.25) is 0 Å². The number of benzene rings is 10. The maximum absolute atomic E-state index is 2.42. The van der Waals surface area contributed by atoms with Crippen LogP contribution >= 0.6 is 11.3 Å². The lowest BCUT2D eigenvalue weighted by atomic mass is 9.98. The van der Waals surface area contributed by atoms with Crippen LogP contribution in [0.15, 0.2) is 231 Å². The van der Waals surface area contributed by atoms with Crippen molar-refractivity contribution >= 4 is 81.1 Å². The topological polar surface area (TPSA) is 8.17 Å². The lowest BCUT2D eigenvalue weighted by Gasteiger charge is -2.28. The molecule has 0 saturated heterocycles. The summed E-state index contributed by atoms with van der Waals surface area (Å²) in [5.41, 5.74) is 14.0. The van der Waals surface area contributed by atoms with Gasteiger partial charge >= 0.3 is 0 Å². The van der Waals surface area contributed by atoms with Crippen molar-refractivity contribution in [2.75, 3.05) is 4.90 Å². The molecule has 12 rings (SSSR count). The van der Waals surface area contributed by atoms with E-state index >= 15 is 0 Å². The molecule has 0 atom stereocenters. The molecule has 61 heavy (non-hydrogen) atoms. The van der Waals surface area contributed by atoms with Gasteiger partial charge in [-0.25, -0.2) is 0 Å². The zero-order chi connectivity index (χ0) is 40.3. The third-order valence-corrected chi connectivity index (χ3v) is 13.3. The van der Waals surface area contributed by atoms with Crippen LogP contribution in [-0.4, -0.2) is 4.57 Å². The highest BCUT2D eigenvalue weighted by Crippen LogP contribution is 2.44. The average Bonchev–Trinajstić information content (AvgIpc) is 3.87. The highest BCUT2D eigenvalue weighted by atomic mass is 32.1. The third kappa shape index (κ3) is 6.01. The number of anilines is 3. The Morgan fingerprint density at radius 2 is 0.869 bits per heavy atom. The van der Waals surface area contributed by atoms with Gasteiger partial charge < -0.3 is 9.47 Å². The molecule has 2 aromatic heterocycles. The molecule has 286 valence electrons. The van der Waals surface area contributed by atoms with E-state index in [2.05, 4.69) is 240 Å². The van der Waals surface area contributed by atoms with Gasteiger partial charge in [-0.05, 0) is 99.8 Å². The molecule has 0 N–H and O–H groups in total. The van der Waals surface area contributed by atoms with Gasteiger partial charge in [0.05, 0.1) is 22.4 Å². The first-order chi connectivity index (χ1) is 30.2. The number of hydrogen-bond acceptors (Lipinski definition) is 2. The van der Waals surface area contributed by atoms with Crippen LogP contribution in [0, 0.1) is 0 Å². The summed E-state index contributed by atoms with van der Waals surface area (Å²) in [6.45, 7) is 0. The summed E-state index contributed by atoms with van der Waals surface area (Å²) in [5.74, 6) is 0. The van der Waals surface area contributed by atoms with E-state index in [4.69, 9.17) is 0 Å². The third-order valence-electron chi connectivity index (χ3n) is 12.2. The predicted octanol–water partition coefficient (Wildman–Crippen LogP) is 16.8. The summed E-state index contributed by atoms with van der Waals surface area (Å²) in [4.78, 5) is 2.41. The molecule has 3 heteroatoms. The summed E-state index contributed by atoms with van der Waals surface area (Å²) in [5, 5.41) is 7.64. The first-order valence-corrected chi connectivity index (χ1v) is 21.6. The van der Waals surface area contributed by atoms with Crippen molar-refractivity contribution in [3.63, 3.8) is 0 Å². The highest BCUT2D eigenvalue weighted by Gasteiger charge is 2.20. The number of fused-ring (bicyclic) bond motifs is 7. The SMILES string of the molecule is c1ccc(N(c2ccc(-c3ccc4ccccc4c3)cc2)c2ccc(-c3ccccc3-n3c4ccccc4c4ccccc43)cc2)c(-c2ccc3c(c2)sc2ccccc23)c1. The van der Waals surface area contributed by atoms with Gasteiger partial charge in [0.25, 0.3) is 0 Å². The Kier molecular flexibility index (Phi) is 8.39. The molecule has 2 heterocycles. The molecule has 0 unspecified atom stereocenters. The van der Waals surface area contributed by atoms with Crippen LogP contribution in [-0.2, 0) is 0 Å². The molecule has 12 aromatic rings. The first-order valence-electron chi connectivity index (χ1n) is 20.8. The zero-order valence-corrected chi connectivity index (χ0v) is 34.1. The van der Waals surface area contributed by atoms with E-state index in [0.29, 0.717) is 0 Å². The second kappa shape index (κ2) is 14.5. The second-order valence-corrected chi connectivity index (χ2v) is 16.8. The van der Waals surface area contributed by atoms with Crippen molar-refractivity contribution in [2.45, 2.75) is 0 Å². The minimum atomic E-state index is 1.09. The smallest absolute Gasteiger partial charge is 0.0541 e. The molecule has 0 radical (unpaired) electrons. The molecule has 2 nitrogen and oxygen atoms in total. The van der Waals surface area contributed by atoms with Crippen molar-refractivity contribution in [3.8, 4) is 39.1 Å². The predicted molar refractivity (Wildman–Crippen MR) is 262 cm³/mol. The van der Waals surface area contributed by atoms with Gasteiger partial charge in [0, 0.05) is 53.4 Å². The Morgan fingerprint density at radius 1 is 0.328 bits per heavy atom. The minimum Gasteiger partial charge on any atom is -0.310 e. The van der Waals surface area contributed by atoms with Crippen LogP contribution < -0.4 is 4.90 Å². The summed E-state index contributed by atoms with van der Waals surface area (Å²) >= 11 is 1.86. The van der Waals surface area contributed by atoms with Crippen LogP contribution in [0.5, 0.6) is 0 Å². The molecule has 0 aliphatic carbocycles. The van der Waals surface area contributed by atoms with E-state index in [1.807, 2.05) is 11.3 Å². The van der Waals surface area contributed by atoms with Crippen molar-refractivity contribution in [2.24, 2.45) is 0 Å². The number of para-hydroxylation sites is 4. The standard InChI is InChI=1S/C58H38N2S/c1-2-14-42-37-43(26-25-39(42)13-1)40-27-32-45(33-28-40)59(53-20-8-4-16-48(53)44-31-36-52-51-19-7-12-24-57(51)61-58(52)38-44)46-34-29-41(30-35-46)47-15-3-9-21-54(47)60-55-22-10-5-17-49(55)50-18-6-11-23-56(50)60/h1-38H. The Labute approximate surface area is 358 Å². The Hall–Kier alpha value is -7.72. The van der Waals surface area contributed by atoms with Crippen LogP contribution in [0.1, 0.15) is 0 Å². The Balaban J connectivity index is 0.990. The maximum Gasteiger partial charge on any atom is 0.0541 e. The fraction of sp³-hybridized carbons (Fsp3) is 0. The van der Waals surface area contributed by atoms with Crippen molar-refractivity contribution in [1.82, 2.24) is 4.57 Å². The fourth-order valence-corrected chi connectivity index (χ4v) is 10.4. The largest absolute Gasteiger partial charge is 0.310 e. The van der Waals surface area contributed by atoms with Crippen LogP contribution in [0.25, 0.3) is 91.8 Å². The number of rotatable bonds is 7. The number of aromatic nitrogens is 1. The lowest BCUT2D eigenvalue weighted by molar-refractivity contribution is 1.18. The Morgan fingerprint density at radius 3 is 1.62 bits per heavy atom. The fourth-order valence-electron chi connectivity index (χ4n) is 9.29. The van der Waals surface area contributed by atoms with Gasteiger partial charge in [-0.2, -0.15) is 0 Å². The molecule has 10 aromatic carbocycles. The van der Waals surface area contributed by atoms with E-state index in [0.717, 1.165) is 28.3 Å². The summed E-state index contributed by atoms with van der Waals surface area (Å²) < 4.78 is 5.03. The van der Waals surface area contributed by atoms with E-state index in [9.17, 15) is 0 Å². The van der Waals surface area contributed by atoms with Crippen LogP contribution in [0.2, 0.25) is 0 Å². The highest BCUT2D eigenvalue weighted by molar-refractivity contribution is 7.25. The molecule has 0 bridgehead atoms. The van der Waals surface area contributed by atoms with Crippen LogP contribution in [0.4, 0.5) is 17.1 Å². The number of thiophene rings is 1. The number of nitrogens with zero attached hydrogens (tertiary/aromatic N) is 2. The summed E-state index contributed by atoms with van der Waals surface area (Å²) in [6.07, 6.45) is 0. The van der Waals surface area contributed by atoms with E-state index in [1.54, 1.807) is 0 Å². The first kappa shape index (κ1) is 35.2. The molecule has 0 aliphatic rings. The molecule has 0 fully saturated rings. The second-order valence-electron chi connectivity index (χ2n) is 15.7. The monoisotopic (exact) mass is 794 g/mol. The van der Waals surface area contributed by atoms with Gasteiger partial charge in [-0.3, -0.25) is 0 Å². The van der Waals surface area contributed by atoms with Gasteiger partial charge in [0.15, 0.2) is 0 Å². The summed E-state index contributed by atoms with van der Waals surface area (Å²) in [6, 6.07) is 84.2. The van der Waals surface area contributed by atoms with Gasteiger partial charge in [0.1, 0.15) is 0 Å². The van der Waals surface area contributed by atoms with Gasteiger partial charge in [-0.1, -0.05) is 164 Å². The average molecular weight is 795 g/mol. The van der Waals surface area contributed by atoms with Gasteiger partial charge in [-0.15, -0.1) is 11.3 Å². The molecular formula is C58H38N2S. The quantitative estimate of drug-likeness (QED) is 0.156. The molecule has 0 spiro atoms. The molecule has 0 amide bonds. The van der Waals surface area contributed by atoms with Crippen molar-refractivity contribution in [1.29, 1.82) is 0 Å². The lowest BCUT2D eigenvalue weighted by Crippen LogP contribution is -2.11. The number of hydrogen-bond donors (Lipinski definition) is 0. The maximum atomic E-state index is 2.42. The van der Waals surface area contributed by atoms with E-state index in [1.165, 1.54) is 80.6 Å². The normalized spacial score (nSPS) is 11.6. The van der Waals surface area contributed by atoms with Crippen LogP contribution in [0.3, 0.4) is 0 Å². The van der Waals surface area contributed by atoms with E-state index < -0.39 is 0 Å². The van der Waals surface area contributed by atoms with E-state index in [-0.39, 0.29) is 0 Å². The molecule has 0 saturated carbocycles. The van der Waals surface area contributed by atoms with Crippen molar-refractivity contribution < 1.29 is 0 Å². The molecule has 0 aliphatic heterocycles. The summed E-state index contributed by atoms with van der Waals surface area (Å²) in [7, 11) is 0. The minimum absolute atomic E-state index is 1.09.